The van der Waals surface area contributed by atoms with E-state index in [0.29, 0.717) is 0 Å². The SMILES string of the molecule is C#N.F[C](F)F.[O]C(F)(F)F. The van der Waals surface area contributed by atoms with Crippen molar-refractivity contribution in [2.45, 2.75) is 6.36 Å². The molecule has 0 aliphatic rings. The molecule has 0 atom stereocenters. The van der Waals surface area contributed by atoms with Gasteiger partial charge in [-0.3, -0.25) is 0 Å². The van der Waals surface area contributed by atoms with Gasteiger partial charge in [0.2, 0.25) is 0 Å². The molecule has 0 aromatic rings. The summed E-state index contributed by atoms with van der Waals surface area (Å²) in [5.41, 5.74) is 0. The van der Waals surface area contributed by atoms with Crippen LogP contribution in [0.5, 0.6) is 0 Å². The van der Waals surface area contributed by atoms with Crippen molar-refractivity contribution in [2.75, 3.05) is 0 Å². The Morgan fingerprint density at radius 1 is 1.09 bits per heavy atom. The van der Waals surface area contributed by atoms with Crippen molar-refractivity contribution in [3.8, 4) is 6.57 Å². The normalized spacial score (nSPS) is 8.91. The Kier molecular flexibility index (Phi) is 13.6. The second kappa shape index (κ2) is 9.03. The van der Waals surface area contributed by atoms with Crippen LogP contribution in [0.4, 0.5) is 26.3 Å². The highest BCUT2D eigenvalue weighted by atomic mass is 19.4. The molecule has 0 bridgehead atoms. The lowest BCUT2D eigenvalue weighted by molar-refractivity contribution is -0.331. The van der Waals surface area contributed by atoms with Gasteiger partial charge in [-0.05, 0) is 0 Å². The van der Waals surface area contributed by atoms with Gasteiger partial charge < -0.3 is 0 Å². The van der Waals surface area contributed by atoms with Crippen LogP contribution in [0.25, 0.3) is 0 Å². The fraction of sp³-hybridized carbons (Fsp3) is 0.333. The highest BCUT2D eigenvalue weighted by molar-refractivity contribution is 4.21. The van der Waals surface area contributed by atoms with Crippen molar-refractivity contribution in [2.24, 2.45) is 0 Å². The van der Waals surface area contributed by atoms with E-state index in [1.165, 1.54) is 0 Å². The smallest absolute Gasteiger partial charge is 0.202 e. The molecule has 0 N–H and O–H groups in total. The average Bonchev–Trinajstić information content (AvgIpc) is 1.63. The summed E-state index contributed by atoms with van der Waals surface area (Å²) >= 11 is 0. The molecule has 0 spiro atoms. The molecular formula is C3HF6NO. The Balaban J connectivity index is -0.0000000965. The average molecular weight is 181 g/mol. The van der Waals surface area contributed by atoms with E-state index in [0.717, 1.165) is 0 Å². The maximum absolute atomic E-state index is 9.80. The summed E-state index contributed by atoms with van der Waals surface area (Å²) in [6, 6.07) is 0. The van der Waals surface area contributed by atoms with Crippen LogP contribution in [0.2, 0.25) is 0 Å². The Bertz CT molecular complexity index is 78.8. The number of nitriles is 1. The molecule has 0 fully saturated rings. The van der Waals surface area contributed by atoms with E-state index in [9.17, 15) is 26.3 Å². The van der Waals surface area contributed by atoms with Gasteiger partial charge in [-0.1, -0.05) is 0 Å². The number of nitrogens with zero attached hydrogens (tertiary/aromatic N) is 1. The van der Waals surface area contributed by atoms with Crippen LogP contribution >= 0.6 is 0 Å². The number of rotatable bonds is 0. The lowest BCUT2D eigenvalue weighted by Gasteiger charge is -1.82. The number of alkyl halides is 3. The van der Waals surface area contributed by atoms with Crippen molar-refractivity contribution in [1.82, 2.24) is 0 Å². The van der Waals surface area contributed by atoms with Crippen molar-refractivity contribution >= 4 is 0 Å². The van der Waals surface area contributed by atoms with Gasteiger partial charge in [0.05, 0.1) is 0 Å². The molecule has 0 saturated carbocycles. The first-order valence-corrected chi connectivity index (χ1v) is 1.60. The van der Waals surface area contributed by atoms with E-state index in [1.54, 1.807) is 0 Å². The minimum absolute atomic E-state index is 3.08. The van der Waals surface area contributed by atoms with Gasteiger partial charge in [-0.25, -0.2) is 5.26 Å². The van der Waals surface area contributed by atoms with Crippen LogP contribution in [0.1, 0.15) is 0 Å². The fourth-order valence-corrected chi connectivity index (χ4v) is 0. The van der Waals surface area contributed by atoms with Crippen LogP contribution in [0, 0.1) is 18.5 Å². The predicted octanol–water partition coefficient (Wildman–Crippen LogP) is 2.42. The zero-order chi connectivity index (χ0) is 10.1. The molecule has 0 aromatic carbocycles. The monoisotopic (exact) mass is 181 g/mol. The van der Waals surface area contributed by atoms with Gasteiger partial charge >= 0.3 is 13.0 Å². The van der Waals surface area contributed by atoms with E-state index in [1.807, 2.05) is 0 Å². The first-order valence-electron chi connectivity index (χ1n) is 1.60. The third-order valence-corrected chi connectivity index (χ3v) is 0. The maximum atomic E-state index is 9.80. The first kappa shape index (κ1) is 16.5. The minimum atomic E-state index is -5.25. The number of hydrogen-bond acceptors (Lipinski definition) is 1. The summed E-state index contributed by atoms with van der Waals surface area (Å²) < 4.78 is 58.1. The van der Waals surface area contributed by atoms with Crippen molar-refractivity contribution in [3.05, 3.63) is 6.68 Å². The van der Waals surface area contributed by atoms with Crippen LogP contribution in [0.3, 0.4) is 0 Å². The molecule has 66 valence electrons. The summed E-state index contributed by atoms with van der Waals surface area (Å²) in [5, 5.41) is 14.6. The van der Waals surface area contributed by atoms with E-state index >= 15 is 0 Å². The third-order valence-electron chi connectivity index (χ3n) is 0. The van der Waals surface area contributed by atoms with Crippen LogP contribution in [-0.2, 0) is 5.11 Å². The summed E-state index contributed by atoms with van der Waals surface area (Å²) in [4.78, 5) is 0. The molecule has 0 aromatic heterocycles. The minimum Gasteiger partial charge on any atom is -0.202 e. The van der Waals surface area contributed by atoms with Gasteiger partial charge in [-0.2, -0.15) is 13.2 Å². The molecule has 8 heteroatoms. The van der Waals surface area contributed by atoms with E-state index in [-0.39, 0.29) is 0 Å². The van der Waals surface area contributed by atoms with Crippen molar-refractivity contribution in [1.29, 1.82) is 5.26 Å². The Morgan fingerprint density at radius 3 is 1.09 bits per heavy atom. The zero-order valence-electron chi connectivity index (χ0n) is 4.70. The molecule has 11 heavy (non-hydrogen) atoms. The highest BCUT2D eigenvalue weighted by Crippen LogP contribution is 2.07. The summed E-state index contributed by atoms with van der Waals surface area (Å²) in [6.07, 6.45) is -5.25. The topological polar surface area (TPSA) is 43.7 Å². The van der Waals surface area contributed by atoms with Crippen LogP contribution in [-0.4, -0.2) is 6.36 Å². The van der Waals surface area contributed by atoms with Gasteiger partial charge in [-0.15, -0.1) is 18.3 Å². The standard InChI is InChI=1S/CF3O.CF3.CHN/c2-1(3,4)5;2-1(3)4;1-2/h;;1H. The predicted molar refractivity (Wildman–Crippen MR) is 20.0 cm³/mol. The van der Waals surface area contributed by atoms with E-state index in [2.05, 4.69) is 6.57 Å². The van der Waals surface area contributed by atoms with Gasteiger partial charge in [0.25, 0.3) is 0 Å². The van der Waals surface area contributed by atoms with Gasteiger partial charge in [0, 0.05) is 6.57 Å². The molecule has 2 radical (unpaired) electrons. The van der Waals surface area contributed by atoms with Crippen LogP contribution < -0.4 is 0 Å². The molecule has 2 nitrogen and oxygen atoms in total. The Hall–Kier alpha value is -0.970. The fourth-order valence-electron chi connectivity index (χ4n) is 0. The Morgan fingerprint density at radius 2 is 1.09 bits per heavy atom. The lowest BCUT2D eigenvalue weighted by atomic mass is 11.4. The molecule has 0 unspecified atom stereocenters. The molecule has 0 heterocycles. The molecule has 0 saturated heterocycles. The lowest BCUT2D eigenvalue weighted by Crippen LogP contribution is -1.99. The number of halogens is 6. The Labute approximate surface area is 57.7 Å². The summed E-state index contributed by atoms with van der Waals surface area (Å²) in [7, 11) is 0. The highest BCUT2D eigenvalue weighted by Gasteiger charge is 2.24. The van der Waals surface area contributed by atoms with Gasteiger partial charge in [0.1, 0.15) is 0 Å². The zero-order valence-corrected chi connectivity index (χ0v) is 4.70. The van der Waals surface area contributed by atoms with Crippen molar-refractivity contribution < 1.29 is 31.4 Å². The van der Waals surface area contributed by atoms with Crippen LogP contribution in [0.15, 0.2) is 0 Å². The van der Waals surface area contributed by atoms with E-state index in [4.69, 9.17) is 10.4 Å². The van der Waals surface area contributed by atoms with Gasteiger partial charge in [0.15, 0.2) is 0 Å². The largest absolute Gasteiger partial charge is 0.549 e. The maximum Gasteiger partial charge on any atom is 0.549 e. The number of hydrogen-bond donors (Lipinski definition) is 0. The van der Waals surface area contributed by atoms with E-state index < -0.39 is 13.0 Å². The van der Waals surface area contributed by atoms with Crippen molar-refractivity contribution in [3.63, 3.8) is 0 Å². The third kappa shape index (κ3) is 474. The molecule has 0 aliphatic carbocycles. The molecular weight excluding hydrogens is 180 g/mol. The molecule has 0 aliphatic heterocycles. The second-order valence-corrected chi connectivity index (χ2v) is 0.660. The second-order valence-electron chi connectivity index (χ2n) is 0.660. The summed E-state index contributed by atoms with van der Waals surface area (Å²) in [6.45, 7) is 0.417. The molecule has 0 rings (SSSR count). The first-order chi connectivity index (χ1) is 4.73. The molecule has 0 amide bonds. The quantitative estimate of drug-likeness (QED) is 0.529. The summed E-state index contributed by atoms with van der Waals surface area (Å²) in [5.74, 6) is 0.